The molecule has 0 rings (SSSR count). The largest absolute Gasteiger partial charge is 0.309 e. The van der Waals surface area contributed by atoms with Crippen molar-refractivity contribution in [3.63, 3.8) is 0 Å². The molecule has 0 aliphatic carbocycles. The van der Waals surface area contributed by atoms with Gasteiger partial charge in [-0.1, -0.05) is 45.4 Å². The lowest BCUT2D eigenvalue weighted by molar-refractivity contribution is 0.389. The summed E-state index contributed by atoms with van der Waals surface area (Å²) in [4.78, 5) is 2.27. The second-order valence-electron chi connectivity index (χ2n) is 4.05. The number of hydrogen-bond acceptors (Lipinski definition) is 2. The SMILES string of the molecule is CCCCCCCCCN(C)C.[B]C#N. The molecular weight excluding hydrogens is 183 g/mol. The van der Waals surface area contributed by atoms with Crippen LogP contribution in [0.4, 0.5) is 0 Å². The molecule has 2 nitrogen and oxygen atoms in total. The molecule has 0 spiro atoms. The Morgan fingerprint density at radius 3 is 1.80 bits per heavy atom. The molecule has 0 atom stereocenters. The molecule has 0 amide bonds. The van der Waals surface area contributed by atoms with Crippen LogP contribution in [0.5, 0.6) is 0 Å². The molecule has 0 bridgehead atoms. The topological polar surface area (TPSA) is 27.0 Å². The van der Waals surface area contributed by atoms with E-state index in [-0.39, 0.29) is 0 Å². The molecule has 0 fully saturated rings. The number of nitrogens with zero attached hydrogens (tertiary/aromatic N) is 2. The van der Waals surface area contributed by atoms with Crippen molar-refractivity contribution in [1.82, 2.24) is 4.90 Å². The minimum Gasteiger partial charge on any atom is -0.309 e. The van der Waals surface area contributed by atoms with E-state index in [9.17, 15) is 0 Å². The normalized spacial score (nSPS) is 9.27. The molecular formula is C12H25BN2. The van der Waals surface area contributed by atoms with Crippen LogP contribution in [0.15, 0.2) is 0 Å². The molecule has 0 aliphatic heterocycles. The quantitative estimate of drug-likeness (QED) is 0.453. The zero-order valence-corrected chi connectivity index (χ0v) is 10.6. The van der Waals surface area contributed by atoms with E-state index >= 15 is 0 Å². The number of nitriles is 1. The third kappa shape index (κ3) is 24.7. The Labute approximate surface area is 97.1 Å². The summed E-state index contributed by atoms with van der Waals surface area (Å²) in [6, 6.07) is 0. The monoisotopic (exact) mass is 208 g/mol. The summed E-state index contributed by atoms with van der Waals surface area (Å²) in [5.74, 6) is 1.25. The molecule has 0 unspecified atom stereocenters. The molecule has 0 saturated heterocycles. The minimum absolute atomic E-state index is 1.25. The first-order valence-corrected chi connectivity index (χ1v) is 5.93. The average molecular weight is 208 g/mol. The first-order valence-electron chi connectivity index (χ1n) is 5.93. The molecule has 3 heteroatoms. The van der Waals surface area contributed by atoms with E-state index in [2.05, 4.69) is 33.8 Å². The maximum absolute atomic E-state index is 7.10. The van der Waals surface area contributed by atoms with Gasteiger partial charge >= 0.3 is 0 Å². The van der Waals surface area contributed by atoms with Crippen LogP contribution in [-0.4, -0.2) is 33.4 Å². The van der Waals surface area contributed by atoms with E-state index in [4.69, 9.17) is 5.26 Å². The van der Waals surface area contributed by atoms with Gasteiger partial charge in [-0.25, -0.2) is 5.26 Å². The second-order valence-corrected chi connectivity index (χ2v) is 4.05. The van der Waals surface area contributed by atoms with Crippen molar-refractivity contribution in [3.05, 3.63) is 0 Å². The fourth-order valence-electron chi connectivity index (χ4n) is 1.39. The van der Waals surface area contributed by atoms with Gasteiger partial charge in [-0.15, -0.1) is 0 Å². The Kier molecular flexibility index (Phi) is 18.0. The van der Waals surface area contributed by atoms with E-state index in [1.54, 1.807) is 0 Å². The summed E-state index contributed by atoms with van der Waals surface area (Å²) >= 11 is 0. The molecule has 0 aliphatic rings. The molecule has 0 saturated carbocycles. The highest BCUT2D eigenvalue weighted by Gasteiger charge is 1.91. The Hall–Kier alpha value is -0.485. The van der Waals surface area contributed by atoms with Crippen molar-refractivity contribution in [2.75, 3.05) is 20.6 Å². The molecule has 0 aromatic rings. The molecule has 2 radical (unpaired) electrons. The number of hydrogen-bond donors (Lipinski definition) is 0. The van der Waals surface area contributed by atoms with Gasteiger partial charge in [0, 0.05) is 0 Å². The Morgan fingerprint density at radius 2 is 1.40 bits per heavy atom. The maximum Gasteiger partial charge on any atom is 0.229 e. The second kappa shape index (κ2) is 16.0. The summed E-state index contributed by atoms with van der Waals surface area (Å²) in [6.07, 6.45) is 9.90. The molecule has 0 heterocycles. The zero-order valence-electron chi connectivity index (χ0n) is 10.6. The van der Waals surface area contributed by atoms with Crippen molar-refractivity contribution in [2.45, 2.75) is 51.9 Å². The minimum atomic E-state index is 1.25. The highest BCUT2D eigenvalue weighted by Crippen LogP contribution is 2.06. The zero-order chi connectivity index (χ0) is 11.9. The summed E-state index contributed by atoms with van der Waals surface area (Å²) < 4.78 is 0. The van der Waals surface area contributed by atoms with Crippen molar-refractivity contribution in [2.24, 2.45) is 0 Å². The fourth-order valence-corrected chi connectivity index (χ4v) is 1.39. The predicted molar refractivity (Wildman–Crippen MR) is 67.9 cm³/mol. The van der Waals surface area contributed by atoms with Crippen LogP contribution in [0.2, 0.25) is 0 Å². The van der Waals surface area contributed by atoms with Crippen molar-refractivity contribution in [1.29, 1.82) is 5.26 Å². The molecule has 86 valence electrons. The van der Waals surface area contributed by atoms with Crippen LogP contribution < -0.4 is 0 Å². The van der Waals surface area contributed by atoms with Gasteiger partial charge in [0.25, 0.3) is 0 Å². The molecule has 15 heavy (non-hydrogen) atoms. The summed E-state index contributed by atoms with van der Waals surface area (Å²) in [6.45, 7) is 3.53. The van der Waals surface area contributed by atoms with Crippen LogP contribution >= 0.6 is 0 Å². The van der Waals surface area contributed by atoms with E-state index in [0.717, 1.165) is 0 Å². The van der Waals surface area contributed by atoms with Gasteiger partial charge < -0.3 is 4.90 Å². The lowest BCUT2D eigenvalue weighted by atomic mass is 10.1. The van der Waals surface area contributed by atoms with Crippen LogP contribution in [-0.2, 0) is 0 Å². The van der Waals surface area contributed by atoms with E-state index < -0.39 is 0 Å². The first-order chi connectivity index (χ1) is 7.18. The van der Waals surface area contributed by atoms with Crippen molar-refractivity contribution in [3.8, 4) is 5.97 Å². The Balaban J connectivity index is 0. The van der Waals surface area contributed by atoms with Crippen LogP contribution in [0.3, 0.4) is 0 Å². The highest BCUT2D eigenvalue weighted by atomic mass is 15.0. The average Bonchev–Trinajstić information content (AvgIpc) is 2.17. The lowest BCUT2D eigenvalue weighted by Gasteiger charge is -2.08. The summed E-state index contributed by atoms with van der Waals surface area (Å²) in [5, 5.41) is 7.10. The molecule has 0 aromatic heterocycles. The van der Waals surface area contributed by atoms with Gasteiger partial charge in [0.2, 0.25) is 7.85 Å². The number of rotatable bonds is 8. The van der Waals surface area contributed by atoms with Crippen molar-refractivity contribution < 1.29 is 0 Å². The maximum atomic E-state index is 7.10. The summed E-state index contributed by atoms with van der Waals surface area (Å²) in [5.41, 5.74) is 0. The van der Waals surface area contributed by atoms with E-state index in [1.807, 2.05) is 0 Å². The molecule has 0 N–H and O–H groups in total. The van der Waals surface area contributed by atoms with Crippen LogP contribution in [0.1, 0.15) is 51.9 Å². The van der Waals surface area contributed by atoms with Crippen molar-refractivity contribution >= 4 is 7.85 Å². The van der Waals surface area contributed by atoms with E-state index in [0.29, 0.717) is 0 Å². The first kappa shape index (κ1) is 16.9. The van der Waals surface area contributed by atoms with E-state index in [1.165, 1.54) is 57.5 Å². The standard InChI is InChI=1S/C11H25N.CBN/c1-4-5-6-7-8-9-10-11-12(2)3;2-1-3/h4-11H2,1-3H3;. The van der Waals surface area contributed by atoms with Gasteiger partial charge in [-0.2, -0.15) is 0 Å². The highest BCUT2D eigenvalue weighted by molar-refractivity contribution is 6.20. The summed E-state index contributed by atoms with van der Waals surface area (Å²) in [7, 11) is 8.45. The third-order valence-electron chi connectivity index (χ3n) is 2.21. The lowest BCUT2D eigenvalue weighted by Crippen LogP contribution is -2.12. The third-order valence-corrected chi connectivity index (χ3v) is 2.21. The van der Waals surface area contributed by atoms with Gasteiger partial charge in [0.1, 0.15) is 0 Å². The fraction of sp³-hybridized carbons (Fsp3) is 0.917. The van der Waals surface area contributed by atoms with Crippen LogP contribution in [0.25, 0.3) is 0 Å². The van der Waals surface area contributed by atoms with Crippen LogP contribution in [0, 0.1) is 11.2 Å². The number of unbranched alkanes of at least 4 members (excludes halogenated alkanes) is 6. The van der Waals surface area contributed by atoms with Gasteiger partial charge in [-0.05, 0) is 33.0 Å². The Bertz CT molecular complexity index is 141. The Morgan fingerprint density at radius 1 is 1.00 bits per heavy atom. The predicted octanol–water partition coefficient (Wildman–Crippen LogP) is 2.93. The van der Waals surface area contributed by atoms with Gasteiger partial charge in [0.15, 0.2) is 0 Å². The smallest absolute Gasteiger partial charge is 0.229 e. The molecule has 0 aromatic carbocycles. The van der Waals surface area contributed by atoms with Gasteiger partial charge in [-0.3, -0.25) is 0 Å². The van der Waals surface area contributed by atoms with Gasteiger partial charge in [0.05, 0.1) is 0 Å².